The lowest BCUT2D eigenvalue weighted by Gasteiger charge is -2.12. The molecular formula is C11H11BrFN. The number of hydrogen-bond acceptors (Lipinski definition) is 1. The zero-order chi connectivity index (χ0) is 10.6. The highest BCUT2D eigenvalue weighted by atomic mass is 79.9. The van der Waals surface area contributed by atoms with Crippen molar-refractivity contribution in [1.82, 2.24) is 0 Å². The number of anilines is 1. The van der Waals surface area contributed by atoms with Crippen molar-refractivity contribution in [2.45, 2.75) is 19.4 Å². The SMILES string of the molecule is C#CC(CC)Nc1ccc(Br)cc1F. The number of rotatable bonds is 3. The lowest BCUT2D eigenvalue weighted by atomic mass is 10.2. The Morgan fingerprint density at radius 3 is 2.86 bits per heavy atom. The second-order valence-corrected chi connectivity index (χ2v) is 3.81. The van der Waals surface area contributed by atoms with Crippen LogP contribution in [0, 0.1) is 18.2 Å². The number of halogens is 2. The molecule has 14 heavy (non-hydrogen) atoms. The van der Waals surface area contributed by atoms with Crippen molar-refractivity contribution in [2.75, 3.05) is 5.32 Å². The molecule has 74 valence electrons. The first-order chi connectivity index (χ1) is 6.67. The molecule has 1 nitrogen and oxygen atoms in total. The van der Waals surface area contributed by atoms with Gasteiger partial charge in [-0.1, -0.05) is 28.8 Å². The van der Waals surface area contributed by atoms with E-state index in [9.17, 15) is 4.39 Å². The summed E-state index contributed by atoms with van der Waals surface area (Å²) in [4.78, 5) is 0. The summed E-state index contributed by atoms with van der Waals surface area (Å²) >= 11 is 3.19. The Bertz CT molecular complexity index is 357. The van der Waals surface area contributed by atoms with Crippen LogP contribution in [0.1, 0.15) is 13.3 Å². The summed E-state index contributed by atoms with van der Waals surface area (Å²) in [5.41, 5.74) is 0.443. The van der Waals surface area contributed by atoms with Gasteiger partial charge < -0.3 is 5.32 Å². The predicted molar refractivity (Wildman–Crippen MR) is 60.6 cm³/mol. The number of benzene rings is 1. The molecular weight excluding hydrogens is 245 g/mol. The van der Waals surface area contributed by atoms with Gasteiger partial charge in [-0.05, 0) is 24.6 Å². The summed E-state index contributed by atoms with van der Waals surface area (Å²) in [6.07, 6.45) is 6.04. The highest BCUT2D eigenvalue weighted by Crippen LogP contribution is 2.20. The largest absolute Gasteiger partial charge is 0.369 e. The van der Waals surface area contributed by atoms with Crippen molar-refractivity contribution in [3.63, 3.8) is 0 Å². The van der Waals surface area contributed by atoms with E-state index in [1.54, 1.807) is 12.1 Å². The van der Waals surface area contributed by atoms with E-state index >= 15 is 0 Å². The van der Waals surface area contributed by atoms with Gasteiger partial charge in [-0.2, -0.15) is 0 Å². The molecule has 0 saturated carbocycles. The second kappa shape index (κ2) is 5.02. The first-order valence-corrected chi connectivity index (χ1v) is 5.14. The van der Waals surface area contributed by atoms with Gasteiger partial charge in [-0.25, -0.2) is 4.39 Å². The molecule has 0 aliphatic rings. The number of hydrogen-bond donors (Lipinski definition) is 1. The van der Waals surface area contributed by atoms with E-state index in [1.807, 2.05) is 6.92 Å². The summed E-state index contributed by atoms with van der Waals surface area (Å²) in [7, 11) is 0. The normalized spacial score (nSPS) is 11.9. The van der Waals surface area contributed by atoms with E-state index in [-0.39, 0.29) is 11.9 Å². The summed E-state index contributed by atoms with van der Waals surface area (Å²) in [5, 5.41) is 2.94. The van der Waals surface area contributed by atoms with Crippen LogP contribution < -0.4 is 5.32 Å². The highest BCUT2D eigenvalue weighted by Gasteiger charge is 2.06. The standard InChI is InChI=1S/C11H11BrFN/c1-3-9(4-2)14-11-6-5-8(12)7-10(11)13/h1,5-7,9,14H,4H2,2H3. The van der Waals surface area contributed by atoms with Crippen molar-refractivity contribution in [3.05, 3.63) is 28.5 Å². The van der Waals surface area contributed by atoms with Crippen molar-refractivity contribution >= 4 is 21.6 Å². The average Bonchev–Trinajstić information content (AvgIpc) is 2.17. The third kappa shape index (κ3) is 2.74. The quantitative estimate of drug-likeness (QED) is 0.817. The van der Waals surface area contributed by atoms with Gasteiger partial charge in [-0.3, -0.25) is 0 Å². The maximum absolute atomic E-state index is 13.3. The van der Waals surface area contributed by atoms with Gasteiger partial charge in [0.2, 0.25) is 0 Å². The summed E-state index contributed by atoms with van der Waals surface area (Å²) in [6, 6.07) is 4.73. The van der Waals surface area contributed by atoms with Gasteiger partial charge in [0.1, 0.15) is 5.82 Å². The number of terminal acetylenes is 1. The molecule has 1 unspecified atom stereocenters. The summed E-state index contributed by atoms with van der Waals surface area (Å²) < 4.78 is 14.0. The Balaban J connectivity index is 2.82. The van der Waals surface area contributed by atoms with Crippen molar-refractivity contribution in [3.8, 4) is 12.3 Å². The molecule has 1 aromatic rings. The van der Waals surface area contributed by atoms with E-state index in [0.29, 0.717) is 10.2 Å². The minimum Gasteiger partial charge on any atom is -0.369 e. The van der Waals surface area contributed by atoms with Gasteiger partial charge >= 0.3 is 0 Å². The molecule has 0 fully saturated rings. The van der Waals surface area contributed by atoms with E-state index in [1.165, 1.54) is 6.07 Å². The van der Waals surface area contributed by atoms with Gasteiger partial charge in [0.05, 0.1) is 11.7 Å². The maximum atomic E-state index is 13.3. The maximum Gasteiger partial charge on any atom is 0.147 e. The van der Waals surface area contributed by atoms with Crippen molar-refractivity contribution < 1.29 is 4.39 Å². The Morgan fingerprint density at radius 2 is 2.36 bits per heavy atom. The fourth-order valence-electron chi connectivity index (χ4n) is 1.06. The third-order valence-corrected chi connectivity index (χ3v) is 2.36. The molecule has 0 bridgehead atoms. The fraction of sp³-hybridized carbons (Fsp3) is 0.273. The van der Waals surface area contributed by atoms with Crippen LogP contribution in [0.3, 0.4) is 0 Å². The molecule has 0 heterocycles. The molecule has 3 heteroatoms. The lowest BCUT2D eigenvalue weighted by molar-refractivity contribution is 0.627. The topological polar surface area (TPSA) is 12.0 Å². The van der Waals surface area contributed by atoms with E-state index < -0.39 is 0 Å². The van der Waals surface area contributed by atoms with Crippen LogP contribution >= 0.6 is 15.9 Å². The third-order valence-electron chi connectivity index (χ3n) is 1.87. The van der Waals surface area contributed by atoms with E-state index in [4.69, 9.17) is 6.42 Å². The molecule has 1 atom stereocenters. The molecule has 1 aromatic carbocycles. The van der Waals surface area contributed by atoms with Crippen LogP contribution in [-0.2, 0) is 0 Å². The van der Waals surface area contributed by atoms with Crippen molar-refractivity contribution in [1.29, 1.82) is 0 Å². The highest BCUT2D eigenvalue weighted by molar-refractivity contribution is 9.10. The Hall–Kier alpha value is -1.01. The van der Waals surface area contributed by atoms with Crippen LogP contribution in [0.15, 0.2) is 22.7 Å². The minimum atomic E-state index is -0.298. The van der Waals surface area contributed by atoms with Gasteiger partial charge in [0, 0.05) is 4.47 Å². The molecule has 1 N–H and O–H groups in total. The lowest BCUT2D eigenvalue weighted by Crippen LogP contribution is -2.16. The monoisotopic (exact) mass is 255 g/mol. The Kier molecular flexibility index (Phi) is 3.97. The Labute approximate surface area is 91.8 Å². The molecule has 0 radical (unpaired) electrons. The van der Waals surface area contributed by atoms with E-state index in [0.717, 1.165) is 6.42 Å². The zero-order valence-corrected chi connectivity index (χ0v) is 9.44. The van der Waals surface area contributed by atoms with Gasteiger partial charge in [0.25, 0.3) is 0 Å². The van der Waals surface area contributed by atoms with Crippen LogP contribution in [0.5, 0.6) is 0 Å². The molecule has 0 aliphatic carbocycles. The first kappa shape index (κ1) is 11.1. The van der Waals surface area contributed by atoms with Crippen molar-refractivity contribution in [2.24, 2.45) is 0 Å². The van der Waals surface area contributed by atoms with Gasteiger partial charge in [-0.15, -0.1) is 6.42 Å². The molecule has 0 aromatic heterocycles. The van der Waals surface area contributed by atoms with Crippen LogP contribution in [0.4, 0.5) is 10.1 Å². The minimum absolute atomic E-state index is 0.120. The zero-order valence-electron chi connectivity index (χ0n) is 7.85. The summed E-state index contributed by atoms with van der Waals surface area (Å²) in [5.74, 6) is 2.25. The molecule has 0 aliphatic heterocycles. The molecule has 0 saturated heterocycles. The van der Waals surface area contributed by atoms with E-state index in [2.05, 4.69) is 27.2 Å². The molecule has 0 spiro atoms. The van der Waals surface area contributed by atoms with Gasteiger partial charge in [0.15, 0.2) is 0 Å². The van der Waals surface area contributed by atoms with Crippen LogP contribution in [0.2, 0.25) is 0 Å². The second-order valence-electron chi connectivity index (χ2n) is 2.90. The molecule has 0 amide bonds. The first-order valence-electron chi connectivity index (χ1n) is 4.35. The predicted octanol–water partition coefficient (Wildman–Crippen LogP) is 3.41. The van der Waals surface area contributed by atoms with Crippen LogP contribution in [0.25, 0.3) is 0 Å². The Morgan fingerprint density at radius 1 is 1.64 bits per heavy atom. The molecule has 1 rings (SSSR count). The fourth-order valence-corrected chi connectivity index (χ4v) is 1.39. The van der Waals surface area contributed by atoms with Crippen LogP contribution in [-0.4, -0.2) is 6.04 Å². The summed E-state index contributed by atoms with van der Waals surface area (Å²) in [6.45, 7) is 1.95. The average molecular weight is 256 g/mol. The smallest absolute Gasteiger partial charge is 0.147 e. The number of nitrogens with one attached hydrogen (secondary N) is 1.